The first-order valence-corrected chi connectivity index (χ1v) is 5.64. The van der Waals surface area contributed by atoms with Crippen molar-refractivity contribution in [1.82, 2.24) is 16.1 Å². The molecule has 0 bridgehead atoms. The van der Waals surface area contributed by atoms with Crippen LogP contribution in [0.15, 0.2) is 4.99 Å². The molecule has 0 aromatic heterocycles. The van der Waals surface area contributed by atoms with Crippen LogP contribution in [0.5, 0.6) is 0 Å². The summed E-state index contributed by atoms with van der Waals surface area (Å²) in [7, 11) is 0. The highest BCUT2D eigenvalue weighted by Gasteiger charge is 2.22. The van der Waals surface area contributed by atoms with Gasteiger partial charge in [0.1, 0.15) is 6.04 Å². The third-order valence-corrected chi connectivity index (χ3v) is 2.17. The third-order valence-electron chi connectivity index (χ3n) is 2.17. The average molecular weight is 227 g/mol. The molecule has 1 amide bonds. The van der Waals surface area contributed by atoms with Gasteiger partial charge in [-0.3, -0.25) is 10.2 Å². The third kappa shape index (κ3) is 4.48. The first-order chi connectivity index (χ1) is 7.52. The SMILES string of the molecule is CC(C)NC(=O)C(C)NC(=NC1CC1)NN. The van der Waals surface area contributed by atoms with Crippen molar-refractivity contribution in [2.24, 2.45) is 10.8 Å². The van der Waals surface area contributed by atoms with Crippen LogP contribution >= 0.6 is 0 Å². The highest BCUT2D eigenvalue weighted by atomic mass is 16.2. The largest absolute Gasteiger partial charge is 0.352 e. The summed E-state index contributed by atoms with van der Waals surface area (Å²) in [6, 6.07) is 0.140. The fraction of sp³-hybridized carbons (Fsp3) is 0.800. The Labute approximate surface area is 96.0 Å². The van der Waals surface area contributed by atoms with E-state index in [0.717, 1.165) is 12.8 Å². The van der Waals surface area contributed by atoms with E-state index in [1.54, 1.807) is 6.92 Å². The van der Waals surface area contributed by atoms with Crippen molar-refractivity contribution in [3.63, 3.8) is 0 Å². The minimum atomic E-state index is -0.351. The zero-order valence-electron chi connectivity index (χ0n) is 10.1. The Morgan fingerprint density at radius 2 is 1.94 bits per heavy atom. The first kappa shape index (κ1) is 12.8. The van der Waals surface area contributed by atoms with Crippen molar-refractivity contribution >= 4 is 11.9 Å². The van der Waals surface area contributed by atoms with Gasteiger partial charge >= 0.3 is 0 Å². The fourth-order valence-corrected chi connectivity index (χ4v) is 1.18. The van der Waals surface area contributed by atoms with Crippen LogP contribution in [0.2, 0.25) is 0 Å². The van der Waals surface area contributed by atoms with E-state index in [9.17, 15) is 4.79 Å². The van der Waals surface area contributed by atoms with E-state index in [1.807, 2.05) is 13.8 Å². The van der Waals surface area contributed by atoms with Gasteiger partial charge in [0.2, 0.25) is 11.9 Å². The molecular formula is C10H21N5O. The van der Waals surface area contributed by atoms with Crippen LogP contribution in [-0.4, -0.2) is 30.0 Å². The lowest BCUT2D eigenvalue weighted by Gasteiger charge is -2.17. The molecule has 16 heavy (non-hydrogen) atoms. The van der Waals surface area contributed by atoms with E-state index in [0.29, 0.717) is 12.0 Å². The predicted octanol–water partition coefficient (Wildman–Crippen LogP) is -0.529. The van der Waals surface area contributed by atoms with E-state index < -0.39 is 0 Å². The van der Waals surface area contributed by atoms with Gasteiger partial charge in [0, 0.05) is 6.04 Å². The maximum atomic E-state index is 11.6. The summed E-state index contributed by atoms with van der Waals surface area (Å²) in [5.74, 6) is 5.74. The molecule has 1 rings (SSSR count). The molecule has 1 aliphatic carbocycles. The molecular weight excluding hydrogens is 206 g/mol. The number of nitrogens with zero attached hydrogens (tertiary/aromatic N) is 1. The van der Waals surface area contributed by atoms with Crippen LogP contribution in [0.4, 0.5) is 0 Å². The number of amides is 1. The number of carbonyl (C=O) groups excluding carboxylic acids is 1. The normalized spacial score (nSPS) is 18.2. The van der Waals surface area contributed by atoms with Gasteiger partial charge in [-0.1, -0.05) is 0 Å². The molecule has 6 heteroatoms. The molecule has 0 spiro atoms. The van der Waals surface area contributed by atoms with E-state index in [4.69, 9.17) is 5.84 Å². The number of nitrogens with one attached hydrogen (secondary N) is 3. The summed E-state index contributed by atoms with van der Waals surface area (Å²) in [6.07, 6.45) is 2.19. The monoisotopic (exact) mass is 227 g/mol. The smallest absolute Gasteiger partial charge is 0.242 e. The second-order valence-corrected chi connectivity index (χ2v) is 4.38. The minimum Gasteiger partial charge on any atom is -0.352 e. The number of rotatable bonds is 4. The number of carbonyl (C=O) groups is 1. The Kier molecular flexibility index (Phi) is 4.54. The van der Waals surface area contributed by atoms with Crippen molar-refractivity contribution in [3.05, 3.63) is 0 Å². The molecule has 0 radical (unpaired) electrons. The average Bonchev–Trinajstić information content (AvgIpc) is 2.99. The van der Waals surface area contributed by atoms with Gasteiger partial charge in [0.25, 0.3) is 0 Å². The molecule has 5 N–H and O–H groups in total. The Hall–Kier alpha value is -1.30. The van der Waals surface area contributed by atoms with Crippen LogP contribution in [0.1, 0.15) is 33.6 Å². The zero-order chi connectivity index (χ0) is 12.1. The molecule has 1 fully saturated rings. The van der Waals surface area contributed by atoms with Crippen molar-refractivity contribution in [2.45, 2.75) is 51.7 Å². The summed E-state index contributed by atoms with van der Waals surface area (Å²) >= 11 is 0. The molecule has 0 saturated heterocycles. The lowest BCUT2D eigenvalue weighted by Crippen LogP contribution is -2.52. The summed E-state index contributed by atoms with van der Waals surface area (Å²) in [5.41, 5.74) is 2.47. The molecule has 0 heterocycles. The lowest BCUT2D eigenvalue weighted by molar-refractivity contribution is -0.122. The Morgan fingerprint density at radius 3 is 2.38 bits per heavy atom. The topological polar surface area (TPSA) is 91.5 Å². The predicted molar refractivity (Wildman–Crippen MR) is 63.7 cm³/mol. The van der Waals surface area contributed by atoms with Crippen molar-refractivity contribution in [3.8, 4) is 0 Å². The number of nitrogens with two attached hydrogens (primary N) is 1. The molecule has 0 aliphatic heterocycles. The van der Waals surface area contributed by atoms with Gasteiger partial charge in [0.15, 0.2) is 0 Å². The Morgan fingerprint density at radius 1 is 1.31 bits per heavy atom. The molecule has 6 nitrogen and oxygen atoms in total. The molecule has 0 aromatic rings. The maximum absolute atomic E-state index is 11.6. The molecule has 92 valence electrons. The Bertz CT molecular complexity index is 272. The fourth-order valence-electron chi connectivity index (χ4n) is 1.18. The van der Waals surface area contributed by atoms with Gasteiger partial charge in [0.05, 0.1) is 6.04 Å². The zero-order valence-corrected chi connectivity index (χ0v) is 10.1. The van der Waals surface area contributed by atoms with Crippen molar-refractivity contribution in [2.75, 3.05) is 0 Å². The summed E-state index contributed by atoms with van der Waals surface area (Å²) < 4.78 is 0. The molecule has 1 unspecified atom stereocenters. The van der Waals surface area contributed by atoms with Crippen LogP contribution in [0.25, 0.3) is 0 Å². The second-order valence-electron chi connectivity index (χ2n) is 4.38. The van der Waals surface area contributed by atoms with Crippen molar-refractivity contribution in [1.29, 1.82) is 0 Å². The van der Waals surface area contributed by atoms with Gasteiger partial charge < -0.3 is 10.6 Å². The van der Waals surface area contributed by atoms with Crippen LogP contribution in [-0.2, 0) is 4.79 Å². The molecule has 1 aliphatic rings. The van der Waals surface area contributed by atoms with Gasteiger partial charge in [-0.05, 0) is 33.6 Å². The Balaban J connectivity index is 2.41. The number of hydrogen-bond acceptors (Lipinski definition) is 3. The lowest BCUT2D eigenvalue weighted by atomic mass is 10.3. The summed E-state index contributed by atoms with van der Waals surface area (Å²) in [5, 5.41) is 5.76. The van der Waals surface area contributed by atoms with E-state index in [-0.39, 0.29) is 18.0 Å². The van der Waals surface area contributed by atoms with Gasteiger partial charge in [-0.15, -0.1) is 0 Å². The van der Waals surface area contributed by atoms with Crippen molar-refractivity contribution < 1.29 is 4.79 Å². The number of hydrazine groups is 1. The van der Waals surface area contributed by atoms with E-state index in [1.165, 1.54) is 0 Å². The summed E-state index contributed by atoms with van der Waals surface area (Å²) in [6.45, 7) is 5.62. The molecule has 0 aromatic carbocycles. The van der Waals surface area contributed by atoms with E-state index in [2.05, 4.69) is 21.1 Å². The summed E-state index contributed by atoms with van der Waals surface area (Å²) in [4.78, 5) is 15.9. The number of guanidine groups is 1. The number of hydrogen-bond donors (Lipinski definition) is 4. The van der Waals surface area contributed by atoms with Gasteiger partial charge in [-0.25, -0.2) is 10.8 Å². The standard InChI is InChI=1S/C10H21N5O/c1-6(2)12-9(16)7(3)13-10(15-11)14-8-4-5-8/h6-8H,4-5,11H2,1-3H3,(H,12,16)(H2,13,14,15). The first-order valence-electron chi connectivity index (χ1n) is 5.64. The minimum absolute atomic E-state index is 0.0613. The van der Waals surface area contributed by atoms with Gasteiger partial charge in [-0.2, -0.15) is 0 Å². The quantitative estimate of drug-likeness (QED) is 0.225. The van der Waals surface area contributed by atoms with E-state index >= 15 is 0 Å². The van der Waals surface area contributed by atoms with Crippen LogP contribution in [0.3, 0.4) is 0 Å². The highest BCUT2D eigenvalue weighted by molar-refractivity contribution is 5.88. The highest BCUT2D eigenvalue weighted by Crippen LogP contribution is 2.23. The number of aliphatic imine (C=N–C) groups is 1. The van der Waals surface area contributed by atoms with Crippen LogP contribution < -0.4 is 21.9 Å². The molecule has 1 saturated carbocycles. The molecule has 1 atom stereocenters. The van der Waals surface area contributed by atoms with Crippen LogP contribution in [0, 0.1) is 0 Å². The second kappa shape index (κ2) is 5.69. The maximum Gasteiger partial charge on any atom is 0.242 e.